The van der Waals surface area contributed by atoms with Gasteiger partial charge in [0.2, 0.25) is 5.91 Å². The number of hydrogen-bond acceptors (Lipinski definition) is 4. The summed E-state index contributed by atoms with van der Waals surface area (Å²) in [7, 11) is 1.73. The Labute approximate surface area is 199 Å². The van der Waals surface area contributed by atoms with Gasteiger partial charge in [0.15, 0.2) is 0 Å². The van der Waals surface area contributed by atoms with E-state index >= 15 is 0 Å². The topological polar surface area (TPSA) is 69.9 Å². The molecule has 3 aromatic rings. The first kappa shape index (κ1) is 23.4. The van der Waals surface area contributed by atoms with Crippen molar-refractivity contribution in [3.8, 4) is 11.1 Å². The maximum Gasteiger partial charge on any atom is 0.253 e. The van der Waals surface area contributed by atoms with Crippen LogP contribution in [0.1, 0.15) is 15.9 Å². The van der Waals surface area contributed by atoms with E-state index in [9.17, 15) is 14.0 Å². The highest BCUT2D eigenvalue weighted by molar-refractivity contribution is 5.95. The predicted octanol–water partition coefficient (Wildman–Crippen LogP) is 3.37. The van der Waals surface area contributed by atoms with Gasteiger partial charge in [-0.1, -0.05) is 42.5 Å². The number of para-hydroxylation sites is 1. The minimum absolute atomic E-state index is 0.0100. The predicted molar refractivity (Wildman–Crippen MR) is 132 cm³/mol. The number of nitrogens with two attached hydrogens (primary N) is 1. The van der Waals surface area contributed by atoms with Crippen LogP contribution >= 0.6 is 0 Å². The largest absolute Gasteiger partial charge is 0.366 e. The SMILES string of the molecule is CN(Cc1cccc(-c2ccc(C(=O)N3CCN(c4ccccc4F)CC3)cc2)c1)C(=O)CN. The van der Waals surface area contributed by atoms with Crippen LogP contribution in [0, 0.1) is 5.82 Å². The van der Waals surface area contributed by atoms with Crippen LogP contribution in [-0.4, -0.2) is 61.4 Å². The van der Waals surface area contributed by atoms with E-state index in [0.717, 1.165) is 16.7 Å². The molecule has 1 fully saturated rings. The summed E-state index contributed by atoms with van der Waals surface area (Å²) in [4.78, 5) is 30.2. The van der Waals surface area contributed by atoms with Crippen molar-refractivity contribution >= 4 is 17.5 Å². The molecule has 0 radical (unpaired) electrons. The zero-order chi connectivity index (χ0) is 24.1. The number of carbonyl (C=O) groups is 2. The highest BCUT2D eigenvalue weighted by Crippen LogP contribution is 2.24. The molecule has 0 spiro atoms. The second kappa shape index (κ2) is 10.5. The van der Waals surface area contributed by atoms with Gasteiger partial charge in [0, 0.05) is 45.3 Å². The third kappa shape index (κ3) is 5.26. The molecule has 0 aliphatic carbocycles. The van der Waals surface area contributed by atoms with Crippen LogP contribution in [0.5, 0.6) is 0 Å². The van der Waals surface area contributed by atoms with Crippen molar-refractivity contribution in [2.75, 3.05) is 44.7 Å². The van der Waals surface area contributed by atoms with Crippen LogP contribution in [0.4, 0.5) is 10.1 Å². The second-order valence-electron chi connectivity index (χ2n) is 8.46. The highest BCUT2D eigenvalue weighted by atomic mass is 19.1. The van der Waals surface area contributed by atoms with Crippen LogP contribution < -0.4 is 10.6 Å². The third-order valence-corrected chi connectivity index (χ3v) is 6.17. The fourth-order valence-corrected chi connectivity index (χ4v) is 4.21. The maximum atomic E-state index is 14.1. The second-order valence-corrected chi connectivity index (χ2v) is 8.46. The van der Waals surface area contributed by atoms with Gasteiger partial charge >= 0.3 is 0 Å². The summed E-state index contributed by atoms with van der Waals surface area (Å²) in [5.74, 6) is -0.363. The molecule has 1 aliphatic heterocycles. The van der Waals surface area contributed by atoms with E-state index in [0.29, 0.717) is 44.0 Å². The number of hydrogen-bond donors (Lipinski definition) is 1. The van der Waals surface area contributed by atoms with Gasteiger partial charge in [0.25, 0.3) is 5.91 Å². The third-order valence-electron chi connectivity index (χ3n) is 6.17. The van der Waals surface area contributed by atoms with Crippen LogP contribution in [0.15, 0.2) is 72.8 Å². The molecule has 4 rings (SSSR count). The van der Waals surface area contributed by atoms with E-state index in [4.69, 9.17) is 5.73 Å². The average Bonchev–Trinajstić information content (AvgIpc) is 2.88. The number of likely N-dealkylation sites (N-methyl/N-ethyl adjacent to an activating group) is 1. The highest BCUT2D eigenvalue weighted by Gasteiger charge is 2.23. The first-order valence-corrected chi connectivity index (χ1v) is 11.4. The lowest BCUT2D eigenvalue weighted by Crippen LogP contribution is -2.49. The molecule has 1 heterocycles. The molecule has 176 valence electrons. The molecule has 2 amide bonds. The lowest BCUT2D eigenvalue weighted by molar-refractivity contribution is -0.128. The Hall–Kier alpha value is -3.71. The van der Waals surface area contributed by atoms with Crippen molar-refractivity contribution in [1.29, 1.82) is 0 Å². The van der Waals surface area contributed by atoms with Gasteiger partial charge in [-0.15, -0.1) is 0 Å². The molecule has 0 unspecified atom stereocenters. The Kier molecular flexibility index (Phi) is 7.23. The number of amides is 2. The smallest absolute Gasteiger partial charge is 0.253 e. The van der Waals surface area contributed by atoms with Crippen LogP contribution in [0.3, 0.4) is 0 Å². The zero-order valence-electron chi connectivity index (χ0n) is 19.3. The molecular formula is C27H29FN4O2. The van der Waals surface area contributed by atoms with Gasteiger partial charge < -0.3 is 20.4 Å². The Balaban J connectivity index is 1.39. The van der Waals surface area contributed by atoms with Crippen molar-refractivity contribution in [2.24, 2.45) is 5.73 Å². The molecule has 0 atom stereocenters. The summed E-state index contributed by atoms with van der Waals surface area (Å²) in [6, 6.07) is 22.3. The van der Waals surface area contributed by atoms with E-state index < -0.39 is 0 Å². The number of halogens is 1. The molecule has 2 N–H and O–H groups in total. The molecule has 0 saturated carbocycles. The van der Waals surface area contributed by atoms with Gasteiger partial charge in [-0.25, -0.2) is 4.39 Å². The molecule has 1 saturated heterocycles. The summed E-state index contributed by atoms with van der Waals surface area (Å²) in [6.07, 6.45) is 0. The molecule has 1 aliphatic rings. The summed E-state index contributed by atoms with van der Waals surface area (Å²) >= 11 is 0. The number of carbonyl (C=O) groups excluding carboxylic acids is 2. The van der Waals surface area contributed by atoms with Gasteiger partial charge in [0.1, 0.15) is 5.82 Å². The maximum absolute atomic E-state index is 14.1. The van der Waals surface area contributed by atoms with Gasteiger partial charge in [-0.2, -0.15) is 0 Å². The molecular weight excluding hydrogens is 431 g/mol. The summed E-state index contributed by atoms with van der Waals surface area (Å²) in [5, 5.41) is 0. The molecule has 0 bridgehead atoms. The van der Waals surface area contributed by atoms with Crippen molar-refractivity contribution in [3.05, 3.63) is 89.7 Å². The monoisotopic (exact) mass is 460 g/mol. The van der Waals surface area contributed by atoms with E-state index in [2.05, 4.69) is 0 Å². The van der Waals surface area contributed by atoms with E-state index in [1.807, 2.05) is 64.4 Å². The molecule has 34 heavy (non-hydrogen) atoms. The molecule has 3 aromatic carbocycles. The van der Waals surface area contributed by atoms with Gasteiger partial charge in [0.05, 0.1) is 12.2 Å². The average molecular weight is 461 g/mol. The Morgan fingerprint density at radius 3 is 2.29 bits per heavy atom. The first-order chi connectivity index (χ1) is 16.5. The quantitative estimate of drug-likeness (QED) is 0.612. The normalized spacial score (nSPS) is 13.6. The van der Waals surface area contributed by atoms with Crippen LogP contribution in [0.2, 0.25) is 0 Å². The Bertz CT molecular complexity index is 1160. The van der Waals surface area contributed by atoms with E-state index in [1.165, 1.54) is 6.07 Å². The molecule has 7 heteroatoms. The Morgan fingerprint density at radius 2 is 1.62 bits per heavy atom. The zero-order valence-corrected chi connectivity index (χ0v) is 19.3. The lowest BCUT2D eigenvalue weighted by atomic mass is 10.0. The van der Waals surface area contributed by atoms with Crippen molar-refractivity contribution in [3.63, 3.8) is 0 Å². The van der Waals surface area contributed by atoms with Crippen molar-refractivity contribution in [2.45, 2.75) is 6.54 Å². The first-order valence-electron chi connectivity index (χ1n) is 11.4. The fourth-order valence-electron chi connectivity index (χ4n) is 4.21. The van der Waals surface area contributed by atoms with Crippen molar-refractivity contribution < 1.29 is 14.0 Å². The van der Waals surface area contributed by atoms with Gasteiger partial charge in [-0.05, 0) is 47.0 Å². The minimum Gasteiger partial charge on any atom is -0.366 e. The van der Waals surface area contributed by atoms with Crippen LogP contribution in [0.25, 0.3) is 11.1 Å². The van der Waals surface area contributed by atoms with E-state index in [1.54, 1.807) is 24.1 Å². The minimum atomic E-state index is -0.237. The summed E-state index contributed by atoms with van der Waals surface area (Å²) < 4.78 is 14.1. The summed E-state index contributed by atoms with van der Waals surface area (Å²) in [5.41, 5.74) is 9.68. The number of rotatable bonds is 6. The summed E-state index contributed by atoms with van der Waals surface area (Å²) in [6.45, 7) is 2.76. The van der Waals surface area contributed by atoms with Gasteiger partial charge in [-0.3, -0.25) is 9.59 Å². The standard InChI is InChI=1S/C27H29FN4O2/c1-30(26(33)18-29)19-20-5-4-6-23(17-20)21-9-11-22(12-10-21)27(34)32-15-13-31(14-16-32)25-8-3-2-7-24(25)28/h2-12,17H,13-16,18-19,29H2,1H3. The van der Waals surface area contributed by atoms with Crippen LogP contribution in [-0.2, 0) is 11.3 Å². The number of anilines is 1. The number of nitrogens with zero attached hydrogens (tertiary/aromatic N) is 3. The van der Waals surface area contributed by atoms with E-state index in [-0.39, 0.29) is 24.2 Å². The Morgan fingerprint density at radius 1 is 0.912 bits per heavy atom. The number of piperazine rings is 1. The lowest BCUT2D eigenvalue weighted by Gasteiger charge is -2.36. The van der Waals surface area contributed by atoms with Crippen molar-refractivity contribution in [1.82, 2.24) is 9.80 Å². The fraction of sp³-hybridized carbons (Fsp3) is 0.259. The molecule has 0 aromatic heterocycles. The number of benzene rings is 3. The molecule has 6 nitrogen and oxygen atoms in total.